The Morgan fingerprint density at radius 3 is 0.780 bits per heavy atom. The summed E-state index contributed by atoms with van der Waals surface area (Å²) in [4.78, 5) is 156. The largest absolute Gasteiger partial charge is 0.508 e. The van der Waals surface area contributed by atoms with Gasteiger partial charge in [0, 0.05) is 112 Å². The molecule has 0 saturated carbocycles. The molecule has 0 spiro atoms. The normalized spacial score (nSPS) is 14.7. The van der Waals surface area contributed by atoms with E-state index >= 15 is 0 Å². The summed E-state index contributed by atoms with van der Waals surface area (Å²) in [5, 5.41) is 22.7. The van der Waals surface area contributed by atoms with Crippen molar-refractivity contribution in [2.45, 2.75) is 77.6 Å². The zero-order valence-corrected chi connectivity index (χ0v) is 73.5. The number of phenols is 2. The molecule has 18 rings (SSSR count). The molecule has 12 aromatic rings. The van der Waals surface area contributed by atoms with Crippen molar-refractivity contribution in [3.05, 3.63) is 406 Å². The third-order valence-electron chi connectivity index (χ3n) is 25.2. The van der Waals surface area contributed by atoms with E-state index in [4.69, 9.17) is 9.47 Å². The van der Waals surface area contributed by atoms with Gasteiger partial charge in [0.15, 0.2) is 0 Å². The average Bonchev–Trinajstić information content (AvgIpc) is 1.06. The van der Waals surface area contributed by atoms with Crippen LogP contribution in [0.25, 0.3) is 33.4 Å². The van der Waals surface area contributed by atoms with E-state index in [0.29, 0.717) is 58.2 Å². The summed E-state index contributed by atoms with van der Waals surface area (Å²) in [5.41, 5.74) is 16.6. The van der Waals surface area contributed by atoms with Crippen LogP contribution < -0.4 is 38.9 Å². The van der Waals surface area contributed by atoms with Crippen molar-refractivity contribution in [3.8, 4) is 56.4 Å². The summed E-state index contributed by atoms with van der Waals surface area (Å²) in [7, 11) is 2.98. The molecule has 12 amide bonds. The lowest BCUT2D eigenvalue weighted by Crippen LogP contribution is -2.33. The minimum absolute atomic E-state index is 0.202. The quantitative estimate of drug-likeness (QED) is 0.0471. The molecule has 6 heterocycles. The van der Waals surface area contributed by atoms with Gasteiger partial charge in [0.25, 0.3) is 70.9 Å². The summed E-state index contributed by atoms with van der Waals surface area (Å²) >= 11 is 0. The highest BCUT2D eigenvalue weighted by atomic mass is 16.5. The number of rotatable bonds is 22. The van der Waals surface area contributed by atoms with Crippen molar-refractivity contribution in [2.75, 3.05) is 43.6 Å². The predicted octanol–water partition coefficient (Wildman–Crippen LogP) is 17.9. The van der Waals surface area contributed by atoms with Crippen molar-refractivity contribution in [3.63, 3.8) is 0 Å². The minimum Gasteiger partial charge on any atom is -0.508 e. The molecule has 0 radical (unpaired) electrons. The second-order valence-corrected chi connectivity index (χ2v) is 32.8. The molecule has 0 saturated heterocycles. The Balaban J connectivity index is 0.000000145. The molecule has 0 aliphatic carbocycles. The smallest absolute Gasteiger partial charge is 0.258 e. The Hall–Kier alpha value is -16.9. The van der Waals surface area contributed by atoms with Crippen molar-refractivity contribution in [1.29, 1.82) is 0 Å². The van der Waals surface area contributed by atoms with Crippen LogP contribution in [-0.2, 0) is 86.6 Å². The topological polar surface area (TPSA) is 283 Å². The number of benzene rings is 12. The van der Waals surface area contributed by atoms with E-state index in [1.165, 1.54) is 84.8 Å². The maximum absolute atomic E-state index is 12.7. The molecular formula is C110H88N6O16. The van der Waals surface area contributed by atoms with Crippen LogP contribution in [-0.4, -0.2) is 95.3 Å². The van der Waals surface area contributed by atoms with E-state index < -0.39 is 63.5 Å². The number of aryl methyl sites for hydroxylation is 4. The van der Waals surface area contributed by atoms with Gasteiger partial charge in [-0.2, -0.15) is 0 Å². The van der Waals surface area contributed by atoms with Gasteiger partial charge < -0.3 is 19.7 Å². The molecule has 2 N–H and O–H groups in total. The molecule has 12 aromatic carbocycles. The second kappa shape index (κ2) is 36.1. The first-order valence-electron chi connectivity index (χ1n) is 42.7. The van der Waals surface area contributed by atoms with Gasteiger partial charge in [-0.3, -0.25) is 57.5 Å². The summed E-state index contributed by atoms with van der Waals surface area (Å²) < 4.78 is 11.4. The zero-order valence-electron chi connectivity index (χ0n) is 73.5. The fourth-order valence-corrected chi connectivity index (χ4v) is 18.1. The van der Waals surface area contributed by atoms with Gasteiger partial charge in [0.1, 0.15) is 23.0 Å². The van der Waals surface area contributed by atoms with Crippen LogP contribution in [0.4, 0.5) is 34.1 Å². The maximum Gasteiger partial charge on any atom is 0.258 e. The number of imide groups is 6. The lowest BCUT2D eigenvalue weighted by Gasteiger charge is -2.35. The van der Waals surface area contributed by atoms with Gasteiger partial charge in [-0.1, -0.05) is 226 Å². The van der Waals surface area contributed by atoms with Crippen LogP contribution in [0.5, 0.6) is 23.0 Å². The van der Waals surface area contributed by atoms with Gasteiger partial charge in [-0.05, 0) is 178 Å². The van der Waals surface area contributed by atoms with Crippen molar-refractivity contribution >= 4 is 105 Å². The monoisotopic (exact) mass is 1750 g/mol. The van der Waals surface area contributed by atoms with Gasteiger partial charge in [0.05, 0.1) is 48.3 Å². The van der Waals surface area contributed by atoms with E-state index in [2.05, 4.69) is 98.8 Å². The number of aromatic hydroxyl groups is 2. The maximum atomic E-state index is 12.7. The molecule has 6 aliphatic rings. The third kappa shape index (κ3) is 16.1. The number of carbonyl (C=O) groups excluding carboxylic acids is 12. The minimum atomic E-state index is -1.16. The van der Waals surface area contributed by atoms with Crippen LogP contribution >= 0.6 is 0 Å². The molecule has 0 unspecified atom stereocenters. The zero-order chi connectivity index (χ0) is 93.4. The van der Waals surface area contributed by atoms with Crippen molar-refractivity contribution in [2.24, 2.45) is 0 Å². The van der Waals surface area contributed by atoms with Crippen molar-refractivity contribution < 1.29 is 77.2 Å². The molecule has 6 aliphatic heterocycles. The molecule has 0 fully saturated rings. The summed E-state index contributed by atoms with van der Waals surface area (Å²) in [6.45, 7) is 14.0. The Morgan fingerprint density at radius 2 is 0.508 bits per heavy atom. The van der Waals surface area contributed by atoms with E-state index in [9.17, 15) is 67.7 Å². The number of ether oxygens (including phenoxy) is 2. The Kier molecular flexibility index (Phi) is 24.2. The number of nitrogens with zero attached hydrogens (tertiary/aromatic N) is 6. The highest BCUT2D eigenvalue weighted by Gasteiger charge is 2.43. The first-order chi connectivity index (χ1) is 63.5. The van der Waals surface area contributed by atoms with Gasteiger partial charge in [-0.15, -0.1) is 0 Å². The SMILES string of the molecule is CC(c1ccc(-c2ccccc2)cc1)(c1ccc(N2C(=O)C=CC2=O)cc1O)c1ccc(N2C(=O)C=CC2=O)cc1O.CCc1cc(C(C)(c2ccc(-c3ccccc3)cc2)c2cc(C)c(N3C(=O)C=CC3=O)c(CC)c2)cc(C)c1N1C(=O)C=CC1=O.COc1cc(C(C)(c2ccc(-c3ccccc3)cc2)c2ccc(N3C(=O)C=CC3=O)c(OC)c2)ccc1N1C(=O)C=CC1=O. The van der Waals surface area contributed by atoms with Crippen LogP contribution in [0.15, 0.2) is 334 Å². The Morgan fingerprint density at radius 1 is 0.258 bits per heavy atom. The van der Waals surface area contributed by atoms with E-state index in [1.807, 2.05) is 162 Å². The standard InChI is InChI=1S/C40H36N2O4.C36H28N2O6.C34H24N2O6/c1-6-27-23-32(21-25(3)38(27)41-34(43)17-18-35(41)44)40(5,31-15-13-30(14-16-31)29-11-9-8-10-12-29)33-22-26(4)39(28(7-2)24-33)42-36(45)19-20-37(42)46;1-36(25-11-9-24(10-12-25)23-7-5-4-6-8-23,26-13-15-28(30(21-26)43-2)37-32(39)17-18-33(37)40)27-14-16-29(31(22-27)44-3)38-34(41)19-20-35(38)42;1-34(23-9-7-22(8-10-23)21-5-3-2-4-6-21,26-13-11-24(19-28(26)37)35-30(39)15-16-31(35)40)27-14-12-25(20-29(27)38)36-32(41)17-18-33(36)42/h8-24H,6-7H2,1-5H3;4-22H,1-3H3;2-20,37-38H,1H3. The summed E-state index contributed by atoms with van der Waals surface area (Å²) in [6.07, 6.45) is 16.1. The molecule has 22 heteroatoms. The van der Waals surface area contributed by atoms with Gasteiger partial charge in [-0.25, -0.2) is 29.4 Å². The molecule has 654 valence electrons. The molecule has 0 atom stereocenters. The van der Waals surface area contributed by atoms with Crippen molar-refractivity contribution in [1.82, 2.24) is 0 Å². The number of hydrogen-bond acceptors (Lipinski definition) is 16. The first kappa shape index (κ1) is 88.5. The first-order valence-corrected chi connectivity index (χ1v) is 42.7. The number of carbonyl (C=O) groups is 12. The number of methoxy groups -OCH3 is 2. The predicted molar refractivity (Wildman–Crippen MR) is 505 cm³/mol. The van der Waals surface area contributed by atoms with Gasteiger partial charge in [0.2, 0.25) is 0 Å². The van der Waals surface area contributed by atoms with Crippen LogP contribution in [0.1, 0.15) is 107 Å². The van der Waals surface area contributed by atoms with Crippen LogP contribution in [0.3, 0.4) is 0 Å². The van der Waals surface area contributed by atoms with E-state index in [1.54, 1.807) is 36.4 Å². The number of hydrogen-bond donors (Lipinski definition) is 2. The van der Waals surface area contributed by atoms with Crippen LogP contribution in [0, 0.1) is 13.8 Å². The number of phenolic OH excluding ortho intramolecular Hbond substituents is 2. The van der Waals surface area contributed by atoms with E-state index in [-0.39, 0.29) is 46.5 Å². The average molecular weight is 1750 g/mol. The fraction of sp³-hybridized carbons (Fsp3) is 0.127. The molecular weight excluding hydrogens is 1660 g/mol. The van der Waals surface area contributed by atoms with E-state index in [0.717, 1.165) is 138 Å². The summed E-state index contributed by atoms with van der Waals surface area (Å²) in [6, 6.07) is 82.7. The Labute approximate surface area is 761 Å². The molecule has 132 heavy (non-hydrogen) atoms. The number of amides is 12. The molecule has 0 aromatic heterocycles. The highest BCUT2D eigenvalue weighted by molar-refractivity contribution is 6.32. The second-order valence-electron chi connectivity index (χ2n) is 32.8. The lowest BCUT2D eigenvalue weighted by molar-refractivity contribution is -0.121. The number of anilines is 6. The summed E-state index contributed by atoms with van der Waals surface area (Å²) in [5.74, 6) is -4.89. The fourth-order valence-electron chi connectivity index (χ4n) is 18.1. The van der Waals surface area contributed by atoms with Gasteiger partial charge >= 0.3 is 0 Å². The molecule has 22 nitrogen and oxygen atoms in total. The third-order valence-corrected chi connectivity index (χ3v) is 25.2. The Bertz CT molecular complexity index is 6620. The molecule has 0 bridgehead atoms. The lowest BCUT2D eigenvalue weighted by atomic mass is 9.69. The highest BCUT2D eigenvalue weighted by Crippen LogP contribution is 2.51. The van der Waals surface area contributed by atoms with Crippen LogP contribution in [0.2, 0.25) is 0 Å².